The molecule has 7 nitrogen and oxygen atoms in total. The van der Waals surface area contributed by atoms with E-state index in [9.17, 15) is 14.4 Å². The Balaban J connectivity index is 2.39. The summed E-state index contributed by atoms with van der Waals surface area (Å²) >= 11 is 5.99. The highest BCUT2D eigenvalue weighted by Gasteiger charge is 2.10. The van der Waals surface area contributed by atoms with E-state index in [0.29, 0.717) is 23.0 Å². The topological polar surface area (TPSA) is 96.9 Å². The van der Waals surface area contributed by atoms with Crippen molar-refractivity contribution < 1.29 is 19.1 Å². The molecule has 0 aliphatic rings. The third-order valence-electron chi connectivity index (χ3n) is 3.20. The van der Waals surface area contributed by atoms with Crippen LogP contribution in [0.3, 0.4) is 0 Å². The summed E-state index contributed by atoms with van der Waals surface area (Å²) in [5.74, 6) is -1.12. The Kier molecular flexibility index (Phi) is 8.63. The number of ether oxygens (including phenoxy) is 1. The standard InChI is InChI=1S/C17H22ClN3O4/c1-4-25-17(24)10-11(2)20-21-16(23)9-8-15(22)19-14-7-5-6-13(18)12(14)3/h5-7H,4,8-10H2,1-3H3,(H,19,22)(H,21,23)/b20-11-. The molecule has 0 aliphatic heterocycles. The molecule has 2 amide bonds. The summed E-state index contributed by atoms with van der Waals surface area (Å²) in [5, 5.41) is 7.07. The minimum absolute atomic E-state index is 0.00263. The van der Waals surface area contributed by atoms with E-state index >= 15 is 0 Å². The highest BCUT2D eigenvalue weighted by atomic mass is 35.5. The molecule has 0 bridgehead atoms. The average Bonchev–Trinajstić information content (AvgIpc) is 2.55. The first-order chi connectivity index (χ1) is 11.8. The number of anilines is 1. The molecule has 0 saturated carbocycles. The molecule has 0 aliphatic carbocycles. The normalized spacial score (nSPS) is 11.0. The van der Waals surface area contributed by atoms with Crippen molar-refractivity contribution in [2.75, 3.05) is 11.9 Å². The number of halogens is 1. The fourth-order valence-corrected chi connectivity index (χ4v) is 2.03. The van der Waals surface area contributed by atoms with Crippen molar-refractivity contribution in [3.8, 4) is 0 Å². The van der Waals surface area contributed by atoms with Crippen molar-refractivity contribution in [2.45, 2.75) is 40.0 Å². The highest BCUT2D eigenvalue weighted by molar-refractivity contribution is 6.31. The highest BCUT2D eigenvalue weighted by Crippen LogP contribution is 2.23. The largest absolute Gasteiger partial charge is 0.466 e. The Labute approximate surface area is 151 Å². The van der Waals surface area contributed by atoms with Crippen LogP contribution in [0.5, 0.6) is 0 Å². The monoisotopic (exact) mass is 367 g/mol. The van der Waals surface area contributed by atoms with Crippen LogP contribution in [-0.2, 0) is 19.1 Å². The summed E-state index contributed by atoms with van der Waals surface area (Å²) in [6.45, 7) is 5.40. The number of hydrogen-bond acceptors (Lipinski definition) is 5. The van der Waals surface area contributed by atoms with Gasteiger partial charge in [-0.3, -0.25) is 14.4 Å². The van der Waals surface area contributed by atoms with E-state index in [-0.39, 0.29) is 25.2 Å². The second kappa shape index (κ2) is 10.5. The van der Waals surface area contributed by atoms with Crippen LogP contribution in [0, 0.1) is 6.92 Å². The van der Waals surface area contributed by atoms with E-state index in [1.54, 1.807) is 39.0 Å². The molecular weight excluding hydrogens is 346 g/mol. The number of nitrogens with one attached hydrogen (secondary N) is 2. The summed E-state index contributed by atoms with van der Waals surface area (Å²) in [7, 11) is 0. The lowest BCUT2D eigenvalue weighted by Gasteiger charge is -2.09. The number of nitrogens with zero attached hydrogens (tertiary/aromatic N) is 1. The third-order valence-corrected chi connectivity index (χ3v) is 3.61. The number of esters is 1. The van der Waals surface area contributed by atoms with E-state index in [2.05, 4.69) is 15.8 Å². The van der Waals surface area contributed by atoms with Gasteiger partial charge in [0.1, 0.15) is 0 Å². The molecule has 25 heavy (non-hydrogen) atoms. The summed E-state index contributed by atoms with van der Waals surface area (Å²) < 4.78 is 4.78. The Morgan fingerprint density at radius 3 is 2.56 bits per heavy atom. The third kappa shape index (κ3) is 7.80. The van der Waals surface area contributed by atoms with Crippen molar-refractivity contribution in [3.05, 3.63) is 28.8 Å². The van der Waals surface area contributed by atoms with Gasteiger partial charge in [-0.15, -0.1) is 0 Å². The second-order valence-corrected chi connectivity index (χ2v) is 5.73. The SMILES string of the molecule is CCOC(=O)C/C(C)=N\NC(=O)CCC(=O)Nc1cccc(Cl)c1C. The van der Waals surface area contributed by atoms with Gasteiger partial charge in [-0.05, 0) is 38.5 Å². The van der Waals surface area contributed by atoms with Crippen LogP contribution in [0.25, 0.3) is 0 Å². The first-order valence-corrected chi connectivity index (χ1v) is 8.23. The molecule has 2 N–H and O–H groups in total. The van der Waals surface area contributed by atoms with Gasteiger partial charge in [0.15, 0.2) is 0 Å². The van der Waals surface area contributed by atoms with Crippen LogP contribution in [0.15, 0.2) is 23.3 Å². The van der Waals surface area contributed by atoms with Crippen molar-refractivity contribution in [1.29, 1.82) is 0 Å². The molecule has 8 heteroatoms. The fourth-order valence-electron chi connectivity index (χ4n) is 1.86. The van der Waals surface area contributed by atoms with Gasteiger partial charge < -0.3 is 10.1 Å². The van der Waals surface area contributed by atoms with Crippen molar-refractivity contribution in [2.24, 2.45) is 5.10 Å². The number of rotatable bonds is 8. The van der Waals surface area contributed by atoms with Gasteiger partial charge in [0, 0.05) is 29.3 Å². The molecule has 0 heterocycles. The van der Waals surface area contributed by atoms with Crippen molar-refractivity contribution in [3.63, 3.8) is 0 Å². The number of hydrogen-bond donors (Lipinski definition) is 2. The maximum Gasteiger partial charge on any atom is 0.311 e. The molecule has 0 atom stereocenters. The minimum Gasteiger partial charge on any atom is -0.466 e. The van der Waals surface area contributed by atoms with Crippen LogP contribution < -0.4 is 10.7 Å². The Morgan fingerprint density at radius 2 is 1.88 bits per heavy atom. The molecule has 0 aromatic heterocycles. The molecule has 0 fully saturated rings. The molecule has 0 radical (unpaired) electrons. The Morgan fingerprint density at radius 1 is 1.20 bits per heavy atom. The number of hydrazone groups is 1. The van der Waals surface area contributed by atoms with Gasteiger partial charge in [-0.25, -0.2) is 5.43 Å². The zero-order valence-electron chi connectivity index (χ0n) is 14.5. The quantitative estimate of drug-likeness (QED) is 0.419. The predicted molar refractivity (Wildman–Crippen MR) is 96.6 cm³/mol. The van der Waals surface area contributed by atoms with Gasteiger partial charge in [0.25, 0.3) is 0 Å². The lowest BCUT2D eigenvalue weighted by atomic mass is 10.2. The van der Waals surface area contributed by atoms with Crippen molar-refractivity contribution >= 4 is 40.8 Å². The van der Waals surface area contributed by atoms with E-state index in [0.717, 1.165) is 5.56 Å². The van der Waals surface area contributed by atoms with Crippen LogP contribution >= 0.6 is 11.6 Å². The number of carbonyl (C=O) groups excluding carboxylic acids is 3. The lowest BCUT2D eigenvalue weighted by molar-refractivity contribution is -0.141. The van der Waals surface area contributed by atoms with Crippen LogP contribution in [0.2, 0.25) is 5.02 Å². The van der Waals surface area contributed by atoms with Crippen LogP contribution in [0.1, 0.15) is 38.7 Å². The average molecular weight is 368 g/mol. The Bertz CT molecular complexity index is 674. The first-order valence-electron chi connectivity index (χ1n) is 7.86. The lowest BCUT2D eigenvalue weighted by Crippen LogP contribution is -2.22. The number of amides is 2. The number of benzene rings is 1. The summed E-state index contributed by atoms with van der Waals surface area (Å²) in [5.41, 5.74) is 4.11. The maximum absolute atomic E-state index is 11.9. The second-order valence-electron chi connectivity index (χ2n) is 5.32. The first kappa shape index (κ1) is 20.6. The zero-order valence-corrected chi connectivity index (χ0v) is 15.3. The van der Waals surface area contributed by atoms with Gasteiger partial charge in [0.2, 0.25) is 11.8 Å². The van der Waals surface area contributed by atoms with E-state index in [1.807, 2.05) is 0 Å². The zero-order chi connectivity index (χ0) is 18.8. The van der Waals surface area contributed by atoms with Gasteiger partial charge in [-0.2, -0.15) is 5.10 Å². The fraction of sp³-hybridized carbons (Fsp3) is 0.412. The molecule has 1 rings (SSSR count). The molecular formula is C17H22ClN3O4. The maximum atomic E-state index is 11.9. The van der Waals surface area contributed by atoms with E-state index < -0.39 is 11.9 Å². The molecule has 1 aromatic carbocycles. The van der Waals surface area contributed by atoms with Crippen LogP contribution in [0.4, 0.5) is 5.69 Å². The molecule has 1 aromatic rings. The van der Waals surface area contributed by atoms with Gasteiger partial charge in [0.05, 0.1) is 13.0 Å². The van der Waals surface area contributed by atoms with Crippen molar-refractivity contribution in [1.82, 2.24) is 5.43 Å². The van der Waals surface area contributed by atoms with Crippen LogP contribution in [-0.4, -0.2) is 30.1 Å². The Hall–Kier alpha value is -2.41. The smallest absolute Gasteiger partial charge is 0.311 e. The summed E-state index contributed by atoms with van der Waals surface area (Å²) in [4.78, 5) is 34.9. The van der Waals surface area contributed by atoms with Gasteiger partial charge in [-0.1, -0.05) is 17.7 Å². The summed E-state index contributed by atoms with van der Waals surface area (Å²) in [6, 6.07) is 5.21. The van der Waals surface area contributed by atoms with E-state index in [4.69, 9.17) is 16.3 Å². The number of carbonyl (C=O) groups is 3. The van der Waals surface area contributed by atoms with Gasteiger partial charge >= 0.3 is 5.97 Å². The van der Waals surface area contributed by atoms with E-state index in [1.165, 1.54) is 0 Å². The molecule has 0 saturated heterocycles. The summed E-state index contributed by atoms with van der Waals surface area (Å²) in [6.07, 6.45) is -0.0193. The molecule has 0 unspecified atom stereocenters. The molecule has 136 valence electrons. The predicted octanol–water partition coefficient (Wildman–Crippen LogP) is 2.81. The molecule has 0 spiro atoms. The minimum atomic E-state index is -0.416.